The molecule has 0 saturated carbocycles. The fourth-order valence-corrected chi connectivity index (χ4v) is 1.93. The monoisotopic (exact) mass is 214 g/mol. The minimum absolute atomic E-state index is 0.181. The second-order valence-corrected chi connectivity index (χ2v) is 4.15. The van der Waals surface area contributed by atoms with Crippen molar-refractivity contribution in [1.29, 1.82) is 0 Å². The van der Waals surface area contributed by atoms with Gasteiger partial charge in [0, 0.05) is 32.2 Å². The summed E-state index contributed by atoms with van der Waals surface area (Å²) in [7, 11) is 1.72. The standard InChI is InChI=1S/C11H22N2O2/c1-3-4-10(8-15-2)12-7-9-5-6-11(14)13-9/h9-10,12H,3-8H2,1-2H3,(H,13,14). The number of rotatable bonds is 7. The Kier molecular flexibility index (Phi) is 5.65. The van der Waals surface area contributed by atoms with Gasteiger partial charge in [-0.3, -0.25) is 4.79 Å². The molecule has 0 bridgehead atoms. The lowest BCUT2D eigenvalue weighted by molar-refractivity contribution is -0.119. The number of carbonyl (C=O) groups is 1. The van der Waals surface area contributed by atoms with Crippen LogP contribution < -0.4 is 10.6 Å². The first-order chi connectivity index (χ1) is 7.26. The molecule has 1 rings (SSSR count). The lowest BCUT2D eigenvalue weighted by Gasteiger charge is -2.19. The molecule has 0 aromatic carbocycles. The lowest BCUT2D eigenvalue weighted by atomic mass is 10.1. The van der Waals surface area contributed by atoms with Crippen LogP contribution in [-0.2, 0) is 9.53 Å². The highest BCUT2D eigenvalue weighted by Crippen LogP contribution is 2.06. The predicted molar refractivity (Wildman–Crippen MR) is 59.7 cm³/mol. The molecule has 0 aromatic heterocycles. The highest BCUT2D eigenvalue weighted by atomic mass is 16.5. The van der Waals surface area contributed by atoms with Crippen molar-refractivity contribution in [3.8, 4) is 0 Å². The summed E-state index contributed by atoms with van der Waals surface area (Å²) in [6.45, 7) is 3.77. The molecule has 1 amide bonds. The Balaban J connectivity index is 2.17. The third-order valence-electron chi connectivity index (χ3n) is 2.74. The molecule has 0 radical (unpaired) electrons. The van der Waals surface area contributed by atoms with Gasteiger partial charge in [-0.1, -0.05) is 13.3 Å². The van der Waals surface area contributed by atoms with Crippen LogP contribution >= 0.6 is 0 Å². The summed E-state index contributed by atoms with van der Waals surface area (Å²) in [5.74, 6) is 0.181. The zero-order valence-electron chi connectivity index (χ0n) is 9.71. The zero-order chi connectivity index (χ0) is 11.1. The van der Waals surface area contributed by atoms with Crippen LogP contribution in [0.5, 0.6) is 0 Å². The fraction of sp³-hybridized carbons (Fsp3) is 0.909. The Morgan fingerprint density at radius 2 is 2.47 bits per heavy atom. The van der Waals surface area contributed by atoms with Gasteiger partial charge in [0.1, 0.15) is 0 Å². The molecule has 15 heavy (non-hydrogen) atoms. The molecule has 2 N–H and O–H groups in total. The zero-order valence-corrected chi connectivity index (χ0v) is 9.71. The van der Waals surface area contributed by atoms with E-state index in [1.807, 2.05) is 0 Å². The van der Waals surface area contributed by atoms with E-state index < -0.39 is 0 Å². The van der Waals surface area contributed by atoms with Crippen LogP contribution in [0.2, 0.25) is 0 Å². The topological polar surface area (TPSA) is 50.4 Å². The normalized spacial score (nSPS) is 22.8. The van der Waals surface area contributed by atoms with Gasteiger partial charge < -0.3 is 15.4 Å². The molecule has 88 valence electrons. The van der Waals surface area contributed by atoms with Gasteiger partial charge in [-0.05, 0) is 12.8 Å². The lowest BCUT2D eigenvalue weighted by Crippen LogP contribution is -2.42. The Morgan fingerprint density at radius 3 is 3.00 bits per heavy atom. The van der Waals surface area contributed by atoms with Gasteiger partial charge in [-0.15, -0.1) is 0 Å². The van der Waals surface area contributed by atoms with Gasteiger partial charge in [0.15, 0.2) is 0 Å². The van der Waals surface area contributed by atoms with E-state index in [9.17, 15) is 4.79 Å². The van der Waals surface area contributed by atoms with E-state index in [0.29, 0.717) is 18.5 Å². The maximum Gasteiger partial charge on any atom is 0.220 e. The molecule has 1 saturated heterocycles. The molecule has 1 heterocycles. The third kappa shape index (κ3) is 4.62. The molecule has 1 aliphatic heterocycles. The van der Waals surface area contributed by atoms with E-state index in [-0.39, 0.29) is 5.91 Å². The number of ether oxygens (including phenoxy) is 1. The summed E-state index contributed by atoms with van der Waals surface area (Å²) < 4.78 is 5.14. The van der Waals surface area contributed by atoms with Crippen LogP contribution in [0, 0.1) is 0 Å². The van der Waals surface area contributed by atoms with E-state index in [0.717, 1.165) is 32.4 Å². The Labute approximate surface area is 91.8 Å². The largest absolute Gasteiger partial charge is 0.383 e. The third-order valence-corrected chi connectivity index (χ3v) is 2.74. The van der Waals surface area contributed by atoms with E-state index in [1.165, 1.54) is 0 Å². The van der Waals surface area contributed by atoms with Crippen LogP contribution in [0.25, 0.3) is 0 Å². The Morgan fingerprint density at radius 1 is 1.67 bits per heavy atom. The first kappa shape index (κ1) is 12.5. The first-order valence-electron chi connectivity index (χ1n) is 5.78. The van der Waals surface area contributed by atoms with Crippen molar-refractivity contribution in [3.05, 3.63) is 0 Å². The first-order valence-corrected chi connectivity index (χ1v) is 5.78. The van der Waals surface area contributed by atoms with Gasteiger partial charge in [0.25, 0.3) is 0 Å². The summed E-state index contributed by atoms with van der Waals surface area (Å²) in [5.41, 5.74) is 0. The summed E-state index contributed by atoms with van der Waals surface area (Å²) in [5, 5.41) is 6.40. The molecular formula is C11H22N2O2. The highest BCUT2D eigenvalue weighted by Gasteiger charge is 2.21. The SMILES string of the molecule is CCCC(COC)NCC1CCC(=O)N1. The van der Waals surface area contributed by atoms with Crippen molar-refractivity contribution < 1.29 is 9.53 Å². The summed E-state index contributed by atoms with van der Waals surface area (Å²) in [4.78, 5) is 11.0. The molecule has 0 aromatic rings. The summed E-state index contributed by atoms with van der Waals surface area (Å²) in [6, 6.07) is 0.728. The number of hydrogen-bond acceptors (Lipinski definition) is 3. The Bertz CT molecular complexity index is 191. The van der Waals surface area contributed by atoms with Gasteiger partial charge >= 0.3 is 0 Å². The molecule has 2 atom stereocenters. The molecule has 0 aliphatic carbocycles. The van der Waals surface area contributed by atoms with Crippen LogP contribution in [-0.4, -0.2) is 38.3 Å². The average molecular weight is 214 g/mol. The average Bonchev–Trinajstić information content (AvgIpc) is 2.61. The molecule has 1 aliphatic rings. The van der Waals surface area contributed by atoms with Crippen molar-refractivity contribution >= 4 is 5.91 Å². The van der Waals surface area contributed by atoms with Crippen LogP contribution in [0.15, 0.2) is 0 Å². The Hall–Kier alpha value is -0.610. The van der Waals surface area contributed by atoms with Crippen LogP contribution in [0.4, 0.5) is 0 Å². The molecule has 4 heteroatoms. The van der Waals surface area contributed by atoms with Crippen molar-refractivity contribution in [2.45, 2.75) is 44.7 Å². The highest BCUT2D eigenvalue weighted by molar-refractivity contribution is 5.78. The minimum Gasteiger partial charge on any atom is -0.383 e. The molecule has 4 nitrogen and oxygen atoms in total. The number of amides is 1. The maximum atomic E-state index is 11.0. The van der Waals surface area contributed by atoms with E-state index in [1.54, 1.807) is 7.11 Å². The summed E-state index contributed by atoms with van der Waals surface area (Å²) in [6.07, 6.45) is 3.90. The van der Waals surface area contributed by atoms with E-state index in [2.05, 4.69) is 17.6 Å². The second kappa shape index (κ2) is 6.80. The fourth-order valence-electron chi connectivity index (χ4n) is 1.93. The number of nitrogens with one attached hydrogen (secondary N) is 2. The smallest absolute Gasteiger partial charge is 0.220 e. The van der Waals surface area contributed by atoms with Gasteiger partial charge in [0.05, 0.1) is 6.61 Å². The summed E-state index contributed by atoms with van der Waals surface area (Å²) >= 11 is 0. The van der Waals surface area contributed by atoms with Gasteiger partial charge in [0.2, 0.25) is 5.91 Å². The second-order valence-electron chi connectivity index (χ2n) is 4.15. The maximum absolute atomic E-state index is 11.0. The van der Waals surface area contributed by atoms with E-state index in [4.69, 9.17) is 4.74 Å². The van der Waals surface area contributed by atoms with Crippen LogP contribution in [0.3, 0.4) is 0 Å². The molecular weight excluding hydrogens is 192 g/mol. The minimum atomic E-state index is 0.181. The van der Waals surface area contributed by atoms with Crippen molar-refractivity contribution in [2.75, 3.05) is 20.3 Å². The van der Waals surface area contributed by atoms with Gasteiger partial charge in [-0.25, -0.2) is 0 Å². The van der Waals surface area contributed by atoms with Crippen molar-refractivity contribution in [3.63, 3.8) is 0 Å². The van der Waals surface area contributed by atoms with Gasteiger partial charge in [-0.2, -0.15) is 0 Å². The van der Waals surface area contributed by atoms with Crippen LogP contribution in [0.1, 0.15) is 32.6 Å². The van der Waals surface area contributed by atoms with Crippen molar-refractivity contribution in [1.82, 2.24) is 10.6 Å². The number of methoxy groups -OCH3 is 1. The molecule has 0 spiro atoms. The number of hydrogen-bond donors (Lipinski definition) is 2. The predicted octanol–water partition coefficient (Wildman–Crippen LogP) is 0.670. The molecule has 2 unspecified atom stereocenters. The quantitative estimate of drug-likeness (QED) is 0.655. The number of carbonyl (C=O) groups excluding carboxylic acids is 1. The van der Waals surface area contributed by atoms with E-state index >= 15 is 0 Å². The van der Waals surface area contributed by atoms with Crippen molar-refractivity contribution in [2.24, 2.45) is 0 Å². The molecule has 1 fully saturated rings.